The van der Waals surface area contributed by atoms with Gasteiger partial charge in [-0.25, -0.2) is 0 Å². The molecule has 0 aliphatic heterocycles. The first-order chi connectivity index (χ1) is 6.27. The van der Waals surface area contributed by atoms with Crippen molar-refractivity contribution >= 4 is 17.4 Å². The molecule has 0 N–H and O–H groups in total. The largest absolute Gasteiger partial charge is 0.294 e. The van der Waals surface area contributed by atoms with E-state index in [0.717, 1.165) is 18.4 Å². The monoisotopic (exact) mass is 193 g/mol. The summed E-state index contributed by atoms with van der Waals surface area (Å²) in [5.41, 5.74) is 0.745. The van der Waals surface area contributed by atoms with E-state index in [9.17, 15) is 4.79 Å². The van der Waals surface area contributed by atoms with Crippen molar-refractivity contribution in [3.05, 3.63) is 34.9 Å². The molecule has 1 aliphatic carbocycles. The molecule has 0 spiro atoms. The summed E-state index contributed by atoms with van der Waals surface area (Å²) >= 11 is 5.68. The molecule has 0 heterocycles. The van der Waals surface area contributed by atoms with Crippen LogP contribution in [0.2, 0.25) is 5.02 Å². The zero-order valence-corrected chi connectivity index (χ0v) is 7.97. The van der Waals surface area contributed by atoms with Gasteiger partial charge in [0.15, 0.2) is 5.78 Å². The third kappa shape index (κ3) is 1.75. The average molecular weight is 194 g/mol. The third-order valence-corrected chi connectivity index (χ3v) is 2.77. The van der Waals surface area contributed by atoms with Crippen LogP contribution in [-0.2, 0) is 0 Å². The molecule has 1 fully saturated rings. The van der Waals surface area contributed by atoms with E-state index in [1.54, 1.807) is 18.2 Å². The van der Waals surface area contributed by atoms with E-state index in [1.165, 1.54) is 6.42 Å². The zero-order valence-electron chi connectivity index (χ0n) is 7.22. The van der Waals surface area contributed by atoms with Crippen molar-refractivity contribution in [3.8, 4) is 0 Å². The SMILES string of the molecule is O=C(c1c[c]c(Cl)cc1)C1CCC1. The smallest absolute Gasteiger partial charge is 0.165 e. The zero-order chi connectivity index (χ0) is 9.26. The Morgan fingerprint density at radius 3 is 2.69 bits per heavy atom. The molecule has 0 unspecified atom stereocenters. The van der Waals surface area contributed by atoms with E-state index in [4.69, 9.17) is 11.6 Å². The second kappa shape index (κ2) is 3.51. The van der Waals surface area contributed by atoms with Gasteiger partial charge in [0.05, 0.1) is 0 Å². The quantitative estimate of drug-likeness (QED) is 0.660. The maximum atomic E-state index is 11.7. The van der Waals surface area contributed by atoms with Crippen LogP contribution < -0.4 is 0 Å². The lowest BCUT2D eigenvalue weighted by Crippen LogP contribution is -2.21. The molecule has 1 nitrogen and oxygen atoms in total. The molecule has 1 saturated carbocycles. The van der Waals surface area contributed by atoms with Gasteiger partial charge in [0.2, 0.25) is 0 Å². The van der Waals surface area contributed by atoms with Gasteiger partial charge in [-0.1, -0.05) is 18.0 Å². The van der Waals surface area contributed by atoms with Crippen molar-refractivity contribution in [1.82, 2.24) is 0 Å². The van der Waals surface area contributed by atoms with Crippen LogP contribution in [0.25, 0.3) is 0 Å². The molecule has 2 heteroatoms. The number of rotatable bonds is 2. The minimum Gasteiger partial charge on any atom is -0.294 e. The van der Waals surface area contributed by atoms with Crippen LogP contribution in [0.1, 0.15) is 29.6 Å². The summed E-state index contributed by atoms with van der Waals surface area (Å²) in [6.45, 7) is 0. The maximum Gasteiger partial charge on any atom is 0.165 e. The predicted octanol–water partition coefficient (Wildman–Crippen LogP) is 3.12. The van der Waals surface area contributed by atoms with Crippen molar-refractivity contribution in [2.45, 2.75) is 19.3 Å². The summed E-state index contributed by atoms with van der Waals surface area (Å²) in [4.78, 5) is 11.7. The Kier molecular flexibility index (Phi) is 2.36. The van der Waals surface area contributed by atoms with Gasteiger partial charge in [0, 0.05) is 22.6 Å². The van der Waals surface area contributed by atoms with Crippen LogP contribution in [0.4, 0.5) is 0 Å². The van der Waals surface area contributed by atoms with Crippen molar-refractivity contribution < 1.29 is 4.79 Å². The first kappa shape index (κ1) is 8.76. The van der Waals surface area contributed by atoms with Gasteiger partial charge in [0.1, 0.15) is 0 Å². The number of ketones is 1. The molecule has 0 aromatic heterocycles. The third-order valence-electron chi connectivity index (χ3n) is 2.54. The van der Waals surface area contributed by atoms with Crippen molar-refractivity contribution in [1.29, 1.82) is 0 Å². The Labute approximate surface area is 82.7 Å². The van der Waals surface area contributed by atoms with Crippen molar-refractivity contribution in [2.24, 2.45) is 5.92 Å². The number of carbonyl (C=O) groups is 1. The fourth-order valence-electron chi connectivity index (χ4n) is 1.47. The van der Waals surface area contributed by atoms with E-state index in [0.29, 0.717) is 5.02 Å². The van der Waals surface area contributed by atoms with Crippen LogP contribution in [0.15, 0.2) is 18.2 Å². The molecule has 1 aromatic rings. The highest BCUT2D eigenvalue weighted by Crippen LogP contribution is 2.29. The Morgan fingerprint density at radius 1 is 1.46 bits per heavy atom. The van der Waals surface area contributed by atoms with E-state index < -0.39 is 0 Å². The van der Waals surface area contributed by atoms with Crippen molar-refractivity contribution in [3.63, 3.8) is 0 Å². The summed E-state index contributed by atoms with van der Waals surface area (Å²) in [5, 5.41) is 0.560. The Bertz CT molecular complexity index is 311. The molecule has 2 rings (SSSR count). The highest BCUT2D eigenvalue weighted by Gasteiger charge is 2.25. The standard InChI is InChI=1S/C11H10ClO/c12-10-6-4-9(5-7-10)11(13)8-2-1-3-8/h4-6,8H,1-3H2. The van der Waals surface area contributed by atoms with Gasteiger partial charge in [-0.15, -0.1) is 0 Å². The second-order valence-electron chi connectivity index (χ2n) is 3.42. The first-order valence-electron chi connectivity index (χ1n) is 4.49. The molecule has 67 valence electrons. The topological polar surface area (TPSA) is 17.1 Å². The number of halogens is 1. The predicted molar refractivity (Wildman–Crippen MR) is 52.0 cm³/mol. The van der Waals surface area contributed by atoms with Crippen LogP contribution in [0.5, 0.6) is 0 Å². The molecule has 13 heavy (non-hydrogen) atoms. The minimum atomic E-state index is 0.249. The van der Waals surface area contributed by atoms with Gasteiger partial charge in [0.25, 0.3) is 0 Å². The molecule has 1 radical (unpaired) electrons. The van der Waals surface area contributed by atoms with E-state index in [-0.39, 0.29) is 11.7 Å². The fourth-order valence-corrected chi connectivity index (χ4v) is 1.58. The highest BCUT2D eigenvalue weighted by molar-refractivity contribution is 6.30. The number of Topliss-reactive ketones (excluding diaryl/α,β-unsaturated/α-hetero) is 1. The molecule has 1 aliphatic rings. The minimum absolute atomic E-state index is 0.249. The van der Waals surface area contributed by atoms with Crippen molar-refractivity contribution in [2.75, 3.05) is 0 Å². The Hall–Kier alpha value is -0.820. The highest BCUT2D eigenvalue weighted by atomic mass is 35.5. The summed E-state index contributed by atoms with van der Waals surface area (Å²) in [6, 6.07) is 8.00. The van der Waals surface area contributed by atoms with Crippen LogP contribution in [0.3, 0.4) is 0 Å². The van der Waals surface area contributed by atoms with Crippen LogP contribution in [-0.4, -0.2) is 5.78 Å². The molecule has 0 atom stereocenters. The number of hydrogen-bond acceptors (Lipinski definition) is 1. The van der Waals surface area contributed by atoms with Gasteiger partial charge < -0.3 is 0 Å². The molecule has 0 amide bonds. The molecule has 1 aromatic carbocycles. The van der Waals surface area contributed by atoms with Crippen LogP contribution in [0, 0.1) is 12.0 Å². The van der Waals surface area contributed by atoms with E-state index >= 15 is 0 Å². The number of carbonyl (C=O) groups excluding carboxylic acids is 1. The summed E-state index contributed by atoms with van der Waals surface area (Å²) in [5.74, 6) is 0.508. The second-order valence-corrected chi connectivity index (χ2v) is 3.82. The summed E-state index contributed by atoms with van der Waals surface area (Å²) in [6.07, 6.45) is 3.27. The van der Waals surface area contributed by atoms with E-state index in [2.05, 4.69) is 6.07 Å². The van der Waals surface area contributed by atoms with Gasteiger partial charge >= 0.3 is 0 Å². The lowest BCUT2D eigenvalue weighted by Gasteiger charge is -2.23. The first-order valence-corrected chi connectivity index (χ1v) is 4.86. The Morgan fingerprint density at radius 2 is 2.23 bits per heavy atom. The normalized spacial score (nSPS) is 16.7. The fraction of sp³-hybridized carbons (Fsp3) is 0.364. The van der Waals surface area contributed by atoms with Gasteiger partial charge in [-0.3, -0.25) is 4.79 Å². The van der Waals surface area contributed by atoms with Gasteiger partial charge in [-0.05, 0) is 31.0 Å². The van der Waals surface area contributed by atoms with E-state index in [1.807, 2.05) is 0 Å². The molecular weight excluding hydrogens is 184 g/mol. The Balaban J connectivity index is 2.15. The lowest BCUT2D eigenvalue weighted by molar-refractivity contribution is 0.0855. The average Bonchev–Trinajstić information content (AvgIpc) is 2.02. The summed E-state index contributed by atoms with van der Waals surface area (Å²) < 4.78 is 0. The van der Waals surface area contributed by atoms with Crippen LogP contribution >= 0.6 is 11.6 Å². The molecule has 0 saturated heterocycles. The number of benzene rings is 1. The molecule has 0 bridgehead atoms. The summed E-state index contributed by atoms with van der Waals surface area (Å²) in [7, 11) is 0. The lowest BCUT2D eigenvalue weighted by atomic mass is 9.80. The molecular formula is C11H10ClO. The maximum absolute atomic E-state index is 11.7. The van der Waals surface area contributed by atoms with Gasteiger partial charge in [-0.2, -0.15) is 0 Å². The number of hydrogen-bond donors (Lipinski definition) is 0.